The third kappa shape index (κ3) is 5.67. The van der Waals surface area contributed by atoms with Gasteiger partial charge in [-0.05, 0) is 74.0 Å². The third-order valence-corrected chi connectivity index (χ3v) is 7.14. The van der Waals surface area contributed by atoms with Crippen molar-refractivity contribution < 1.29 is 39.6 Å². The zero-order valence-corrected chi connectivity index (χ0v) is 19.1. The number of alkyl halides is 6. The van der Waals surface area contributed by atoms with E-state index in [1.165, 1.54) is 50.2 Å². The third-order valence-electron chi connectivity index (χ3n) is 5.35. The Balaban J connectivity index is 1.90. The van der Waals surface area contributed by atoms with Crippen LogP contribution < -0.4 is 5.32 Å². The Bertz CT molecular complexity index is 1300. The van der Waals surface area contributed by atoms with Gasteiger partial charge in [0.2, 0.25) is 15.7 Å². The number of benzene rings is 3. The van der Waals surface area contributed by atoms with Gasteiger partial charge in [0.1, 0.15) is 0 Å². The van der Waals surface area contributed by atoms with Crippen LogP contribution in [0.3, 0.4) is 0 Å². The Morgan fingerprint density at radius 1 is 0.686 bits per heavy atom. The van der Waals surface area contributed by atoms with E-state index in [1.807, 2.05) is 0 Å². The van der Waals surface area contributed by atoms with Crippen LogP contribution >= 0.6 is 0 Å². The molecule has 4 nitrogen and oxygen atoms in total. The van der Waals surface area contributed by atoms with Crippen molar-refractivity contribution in [2.45, 2.75) is 41.4 Å². The van der Waals surface area contributed by atoms with E-state index in [0.29, 0.717) is 12.1 Å². The van der Waals surface area contributed by atoms with Crippen LogP contribution in [0.25, 0.3) is 0 Å². The van der Waals surface area contributed by atoms with Gasteiger partial charge in [0.25, 0.3) is 0 Å². The average molecular weight is 515 g/mol. The predicted molar refractivity (Wildman–Crippen MR) is 116 cm³/mol. The van der Waals surface area contributed by atoms with Gasteiger partial charge in [-0.15, -0.1) is 0 Å². The first-order valence-electron chi connectivity index (χ1n) is 10.0. The molecule has 11 heteroatoms. The summed E-state index contributed by atoms with van der Waals surface area (Å²) >= 11 is 0. The topological polar surface area (TPSA) is 63.2 Å². The van der Waals surface area contributed by atoms with Crippen molar-refractivity contribution in [2.75, 3.05) is 5.32 Å². The lowest BCUT2D eigenvalue weighted by Gasteiger charge is -2.26. The van der Waals surface area contributed by atoms with Crippen LogP contribution in [0.1, 0.15) is 30.5 Å². The molecule has 0 aliphatic rings. The number of halogens is 6. The second-order valence-electron chi connectivity index (χ2n) is 8.21. The highest BCUT2D eigenvalue weighted by Crippen LogP contribution is 2.39. The molecule has 0 saturated carbocycles. The fourth-order valence-corrected chi connectivity index (χ4v) is 4.47. The number of carbonyl (C=O) groups excluding carboxylic acids is 1. The molecule has 1 N–H and O–H groups in total. The first-order chi connectivity index (χ1) is 16.0. The van der Waals surface area contributed by atoms with Crippen molar-refractivity contribution in [2.24, 2.45) is 0 Å². The monoisotopic (exact) mass is 515 g/mol. The van der Waals surface area contributed by atoms with E-state index in [4.69, 9.17) is 0 Å². The van der Waals surface area contributed by atoms with Crippen molar-refractivity contribution in [3.05, 3.63) is 89.5 Å². The molecule has 0 aromatic heterocycles. The van der Waals surface area contributed by atoms with E-state index in [2.05, 4.69) is 5.32 Å². The van der Waals surface area contributed by atoms with Crippen molar-refractivity contribution >= 4 is 21.4 Å². The van der Waals surface area contributed by atoms with Gasteiger partial charge in [-0.25, -0.2) is 8.42 Å². The minimum Gasteiger partial charge on any atom is -0.325 e. The van der Waals surface area contributed by atoms with Crippen LogP contribution in [-0.2, 0) is 32.4 Å². The van der Waals surface area contributed by atoms with Crippen LogP contribution in [0, 0.1) is 0 Å². The van der Waals surface area contributed by atoms with E-state index in [9.17, 15) is 39.6 Å². The second-order valence-corrected chi connectivity index (χ2v) is 10.2. The highest BCUT2D eigenvalue weighted by atomic mass is 32.2. The maximum atomic E-state index is 13.2. The summed E-state index contributed by atoms with van der Waals surface area (Å²) in [5, 5.41) is 2.42. The summed E-state index contributed by atoms with van der Waals surface area (Å²) in [6, 6.07) is 13.6. The molecule has 3 rings (SSSR count). The van der Waals surface area contributed by atoms with Gasteiger partial charge < -0.3 is 5.32 Å². The van der Waals surface area contributed by atoms with Crippen LogP contribution in [-0.4, -0.2) is 14.3 Å². The zero-order valence-electron chi connectivity index (χ0n) is 18.3. The van der Waals surface area contributed by atoms with Crippen molar-refractivity contribution in [1.82, 2.24) is 0 Å². The largest absolute Gasteiger partial charge is 0.416 e. The van der Waals surface area contributed by atoms with Crippen LogP contribution in [0.2, 0.25) is 0 Å². The molecule has 3 aromatic carbocycles. The minimum absolute atomic E-state index is 0.0105. The lowest BCUT2D eigenvalue weighted by Crippen LogP contribution is -2.35. The van der Waals surface area contributed by atoms with Crippen molar-refractivity contribution in [1.29, 1.82) is 0 Å². The first-order valence-corrected chi connectivity index (χ1v) is 11.5. The van der Waals surface area contributed by atoms with Crippen LogP contribution in [0.15, 0.2) is 82.6 Å². The van der Waals surface area contributed by atoms with Gasteiger partial charge in [-0.1, -0.05) is 18.2 Å². The Morgan fingerprint density at radius 3 is 1.57 bits per heavy atom. The number of rotatable bonds is 5. The molecule has 1 amide bonds. The summed E-state index contributed by atoms with van der Waals surface area (Å²) in [6.07, 6.45) is -10.1. The molecule has 0 aliphatic carbocycles. The molecule has 0 fully saturated rings. The molecular formula is C24H19F6NO3S. The van der Waals surface area contributed by atoms with E-state index in [0.717, 1.165) is 0 Å². The van der Waals surface area contributed by atoms with Crippen LogP contribution in [0.5, 0.6) is 0 Å². The summed E-state index contributed by atoms with van der Waals surface area (Å²) in [5.41, 5.74) is -5.23. The van der Waals surface area contributed by atoms with Gasteiger partial charge in [0.15, 0.2) is 0 Å². The quantitative estimate of drug-likeness (QED) is 0.396. The smallest absolute Gasteiger partial charge is 0.325 e. The lowest BCUT2D eigenvalue weighted by molar-refractivity contribution is -0.143. The minimum atomic E-state index is -5.05. The molecule has 3 aromatic rings. The SMILES string of the molecule is CC(C)(C(=O)Nc1ccc(S(=O)(=O)c2ccccc2)cc1)c1cc(C(F)(F)F)cc(C(F)(F)F)c1. The van der Waals surface area contributed by atoms with Crippen LogP contribution in [0.4, 0.5) is 32.0 Å². The average Bonchev–Trinajstić information content (AvgIpc) is 2.78. The predicted octanol–water partition coefficient (Wildman–Crippen LogP) is 6.47. The Kier molecular flexibility index (Phi) is 6.78. The normalized spacial score (nSPS) is 12.9. The van der Waals surface area contributed by atoms with E-state index in [1.54, 1.807) is 18.2 Å². The number of nitrogens with one attached hydrogen (secondary N) is 1. The molecular weight excluding hydrogens is 496 g/mol. The molecule has 0 heterocycles. The second kappa shape index (κ2) is 9.03. The molecule has 0 aliphatic heterocycles. The number of carbonyl (C=O) groups is 1. The van der Waals surface area contributed by atoms with Gasteiger partial charge in [-0.3, -0.25) is 4.79 Å². The van der Waals surface area contributed by atoms with Gasteiger partial charge in [0, 0.05) is 5.69 Å². The van der Waals surface area contributed by atoms with Gasteiger partial charge in [0.05, 0.1) is 26.3 Å². The molecule has 0 bridgehead atoms. The Morgan fingerprint density at radius 2 is 1.11 bits per heavy atom. The summed E-state index contributed by atoms with van der Waals surface area (Å²) in [6.45, 7) is 2.37. The number of amides is 1. The lowest BCUT2D eigenvalue weighted by atomic mass is 9.81. The molecule has 0 unspecified atom stereocenters. The highest BCUT2D eigenvalue weighted by Gasteiger charge is 2.40. The van der Waals surface area contributed by atoms with Gasteiger partial charge in [-0.2, -0.15) is 26.3 Å². The summed E-state index contributed by atoms with van der Waals surface area (Å²) in [7, 11) is -3.82. The molecule has 0 radical (unpaired) electrons. The maximum absolute atomic E-state index is 13.2. The Hall–Kier alpha value is -3.34. The molecule has 186 valence electrons. The Labute approximate surface area is 197 Å². The number of anilines is 1. The summed E-state index contributed by atoms with van der Waals surface area (Å²) in [5.74, 6) is -0.886. The highest BCUT2D eigenvalue weighted by molar-refractivity contribution is 7.91. The van der Waals surface area contributed by atoms with Crippen molar-refractivity contribution in [3.63, 3.8) is 0 Å². The molecule has 35 heavy (non-hydrogen) atoms. The fraction of sp³-hybridized carbons (Fsp3) is 0.208. The standard InChI is InChI=1S/C24H19F6NO3S/c1-22(2,15-12-16(23(25,26)27)14-17(13-15)24(28,29)30)21(32)31-18-8-10-20(11-9-18)35(33,34)19-6-4-3-5-7-19/h3-14H,1-2H3,(H,31,32). The summed E-state index contributed by atoms with van der Waals surface area (Å²) in [4.78, 5) is 12.9. The first kappa shape index (κ1) is 26.3. The molecule has 0 saturated heterocycles. The molecule has 0 spiro atoms. The number of hydrogen-bond acceptors (Lipinski definition) is 3. The number of sulfone groups is 1. The summed E-state index contributed by atoms with van der Waals surface area (Å²) < 4.78 is 105. The van der Waals surface area contributed by atoms with Gasteiger partial charge >= 0.3 is 12.4 Å². The van der Waals surface area contributed by atoms with E-state index >= 15 is 0 Å². The van der Waals surface area contributed by atoms with E-state index < -0.39 is 50.2 Å². The zero-order chi connectivity index (χ0) is 26.2. The molecule has 0 atom stereocenters. The van der Waals surface area contributed by atoms with Crippen molar-refractivity contribution in [3.8, 4) is 0 Å². The fourth-order valence-electron chi connectivity index (χ4n) is 3.19. The number of hydrogen-bond donors (Lipinski definition) is 1. The maximum Gasteiger partial charge on any atom is 0.416 e. The van der Waals surface area contributed by atoms with E-state index in [-0.39, 0.29) is 21.5 Å².